The van der Waals surface area contributed by atoms with Gasteiger partial charge in [-0.15, -0.1) is 0 Å². The molecule has 1 aromatic heterocycles. The van der Waals surface area contributed by atoms with Crippen molar-refractivity contribution in [3.8, 4) is 33.7 Å². The quantitative estimate of drug-likeness (QED) is 0.174. The molecule has 0 saturated heterocycles. The van der Waals surface area contributed by atoms with Gasteiger partial charge in [0.1, 0.15) is 11.9 Å². The van der Waals surface area contributed by atoms with Crippen molar-refractivity contribution >= 4 is 51.4 Å². The number of hydrogen-bond donors (Lipinski definition) is 1. The van der Waals surface area contributed by atoms with Gasteiger partial charge in [-0.25, -0.2) is 0 Å². The van der Waals surface area contributed by atoms with Gasteiger partial charge in [-0.05, 0) is 126 Å². The van der Waals surface area contributed by atoms with Crippen molar-refractivity contribution in [2.45, 2.75) is 110 Å². The van der Waals surface area contributed by atoms with Crippen molar-refractivity contribution in [1.82, 2.24) is 4.57 Å². The van der Waals surface area contributed by atoms with Crippen LogP contribution in [0, 0.1) is 0 Å². The Kier molecular flexibility index (Phi) is 9.53. The Bertz CT molecular complexity index is 3540. The standard InChI is InChI=1S/C65H63BN2O/c1-62(2,3)40-26-30-43(31-27-40)67-50-32-28-41(63(4,5)6)34-45(50)57-58-55(44-24-18-19-25-48(44)65(58,10)11)56-46-35-42(64(7,8)9)29-33-51(46)68-52-36-47-53(37-49(52)66-59(57)60(56)68)69-61(39-22-16-13-17-23-39)54(47)38-20-14-12-15-21-38/h12-37,54,61,66-67H,1-11H3. The largest absolute Gasteiger partial charge is 0.484 e. The molecule has 4 heteroatoms. The Morgan fingerprint density at radius 1 is 0.580 bits per heavy atom. The van der Waals surface area contributed by atoms with Gasteiger partial charge in [0.25, 0.3) is 0 Å². The van der Waals surface area contributed by atoms with Gasteiger partial charge in [-0.1, -0.05) is 191 Å². The highest BCUT2D eigenvalue weighted by Crippen LogP contribution is 2.58. The van der Waals surface area contributed by atoms with Crippen LogP contribution in [0.25, 0.3) is 49.7 Å². The fraction of sp³-hybridized carbons (Fsp3) is 0.262. The Hall–Kier alpha value is -6.78. The molecular formula is C65H63BN2O. The topological polar surface area (TPSA) is 26.2 Å². The summed E-state index contributed by atoms with van der Waals surface area (Å²) in [6.07, 6.45) is -0.145. The Morgan fingerprint density at radius 3 is 1.87 bits per heavy atom. The SMILES string of the molecule is CC(C)(C)c1ccc(Nc2ccc(C(C)(C)C)cc2-c2c3c(c4c5cc(C(C)(C)C)ccc5n5c4c2Bc2cc4c(cc2-5)C(c2ccccc2)C(c2ccccc2)O4)-c2ccccc2C3(C)C)cc1. The molecule has 2 atom stereocenters. The molecule has 1 aliphatic carbocycles. The average Bonchev–Trinajstić information content (AvgIpc) is 3.94. The molecule has 3 nitrogen and oxygen atoms in total. The molecule has 0 bridgehead atoms. The first-order valence-corrected chi connectivity index (χ1v) is 25.1. The Labute approximate surface area is 409 Å². The van der Waals surface area contributed by atoms with Gasteiger partial charge in [-0.3, -0.25) is 0 Å². The minimum Gasteiger partial charge on any atom is -0.484 e. The smallest absolute Gasteiger partial charge is 0.198 e. The number of rotatable bonds is 5. The zero-order chi connectivity index (χ0) is 47.9. The number of nitrogens with one attached hydrogen (secondary N) is 1. The maximum atomic E-state index is 7.22. The van der Waals surface area contributed by atoms with E-state index < -0.39 is 0 Å². The second-order valence-electron chi connectivity index (χ2n) is 23.8. The van der Waals surface area contributed by atoms with Gasteiger partial charge < -0.3 is 14.6 Å². The molecule has 0 spiro atoms. The zero-order valence-electron chi connectivity index (χ0n) is 42.2. The molecule has 9 aromatic rings. The number of anilines is 2. The van der Waals surface area contributed by atoms with Crippen LogP contribution in [0.1, 0.15) is 133 Å². The first-order valence-electron chi connectivity index (χ1n) is 25.1. The Morgan fingerprint density at radius 2 is 1.19 bits per heavy atom. The molecule has 2 unspecified atom stereocenters. The van der Waals surface area contributed by atoms with Crippen molar-refractivity contribution in [3.63, 3.8) is 0 Å². The summed E-state index contributed by atoms with van der Waals surface area (Å²) in [6, 6.07) is 59.6. The molecule has 0 fully saturated rings. The third-order valence-corrected chi connectivity index (χ3v) is 15.8. The number of ether oxygens (including phenoxy) is 1. The molecule has 0 radical (unpaired) electrons. The number of fused-ring (bicyclic) bond motifs is 10. The van der Waals surface area contributed by atoms with Crippen LogP contribution in [0.4, 0.5) is 11.4 Å². The number of benzene rings is 8. The van der Waals surface area contributed by atoms with E-state index in [1.54, 1.807) is 0 Å². The van der Waals surface area contributed by atoms with Crippen LogP contribution in [0.3, 0.4) is 0 Å². The fourth-order valence-electron chi connectivity index (χ4n) is 12.1. The maximum absolute atomic E-state index is 7.22. The molecule has 69 heavy (non-hydrogen) atoms. The summed E-state index contributed by atoms with van der Waals surface area (Å²) in [7, 11) is 0.769. The summed E-state index contributed by atoms with van der Waals surface area (Å²) >= 11 is 0. The lowest BCUT2D eigenvalue weighted by Crippen LogP contribution is -2.38. The van der Waals surface area contributed by atoms with Crippen LogP contribution >= 0.6 is 0 Å². The van der Waals surface area contributed by atoms with Gasteiger partial charge in [0.15, 0.2) is 7.28 Å². The van der Waals surface area contributed by atoms with Crippen molar-refractivity contribution in [2.24, 2.45) is 0 Å². The summed E-state index contributed by atoms with van der Waals surface area (Å²) in [4.78, 5) is 0. The van der Waals surface area contributed by atoms with Crippen LogP contribution in [0.5, 0.6) is 5.75 Å². The fourth-order valence-corrected chi connectivity index (χ4v) is 12.1. The molecule has 1 N–H and O–H groups in total. The highest BCUT2D eigenvalue weighted by atomic mass is 16.5. The molecule has 3 aliphatic rings. The lowest BCUT2D eigenvalue weighted by Gasteiger charge is -2.31. The van der Waals surface area contributed by atoms with Gasteiger partial charge in [0, 0.05) is 49.9 Å². The zero-order valence-corrected chi connectivity index (χ0v) is 42.2. The van der Waals surface area contributed by atoms with E-state index in [9.17, 15) is 0 Å². The molecular weight excluding hydrogens is 836 g/mol. The average molecular weight is 899 g/mol. The molecule has 0 amide bonds. The highest BCUT2D eigenvalue weighted by molar-refractivity contribution is 6.74. The lowest BCUT2D eigenvalue weighted by atomic mass is 9.57. The van der Waals surface area contributed by atoms with Crippen molar-refractivity contribution in [2.75, 3.05) is 5.32 Å². The molecule has 3 heterocycles. The van der Waals surface area contributed by atoms with E-state index in [0.29, 0.717) is 0 Å². The van der Waals surface area contributed by atoms with Crippen LogP contribution in [0.15, 0.2) is 158 Å². The molecule has 12 rings (SSSR count). The summed E-state index contributed by atoms with van der Waals surface area (Å²) in [5, 5.41) is 6.71. The molecule has 0 saturated carbocycles. The van der Waals surface area contributed by atoms with Crippen molar-refractivity contribution < 1.29 is 4.74 Å². The van der Waals surface area contributed by atoms with Crippen LogP contribution < -0.4 is 21.0 Å². The first kappa shape index (κ1) is 43.5. The van der Waals surface area contributed by atoms with Crippen molar-refractivity contribution in [1.29, 1.82) is 0 Å². The van der Waals surface area contributed by atoms with Gasteiger partial charge in [-0.2, -0.15) is 0 Å². The monoisotopic (exact) mass is 899 g/mol. The molecule has 8 aromatic carbocycles. The number of nitrogens with zero attached hydrogens (tertiary/aromatic N) is 1. The second kappa shape index (κ2) is 15.1. The first-order chi connectivity index (χ1) is 32.9. The predicted molar refractivity (Wildman–Crippen MR) is 294 cm³/mol. The summed E-state index contributed by atoms with van der Waals surface area (Å²) < 4.78 is 9.88. The predicted octanol–water partition coefficient (Wildman–Crippen LogP) is 15.4. The van der Waals surface area contributed by atoms with E-state index in [4.69, 9.17) is 4.74 Å². The minimum atomic E-state index is -0.293. The minimum absolute atomic E-state index is 0.0314. The van der Waals surface area contributed by atoms with E-state index >= 15 is 0 Å². The molecule has 2 aliphatic heterocycles. The van der Waals surface area contributed by atoms with Gasteiger partial charge in [0.2, 0.25) is 0 Å². The third kappa shape index (κ3) is 6.76. The summed E-state index contributed by atoms with van der Waals surface area (Å²) in [5.74, 6) is 1.02. The summed E-state index contributed by atoms with van der Waals surface area (Å²) in [5.41, 5.74) is 24.1. The highest BCUT2D eigenvalue weighted by Gasteiger charge is 2.44. The lowest BCUT2D eigenvalue weighted by molar-refractivity contribution is 0.222. The third-order valence-electron chi connectivity index (χ3n) is 15.8. The number of aromatic nitrogens is 1. The van der Waals surface area contributed by atoms with Crippen LogP contribution in [0.2, 0.25) is 0 Å². The molecule has 342 valence electrons. The Balaban J connectivity index is 1.20. The van der Waals surface area contributed by atoms with Crippen molar-refractivity contribution in [3.05, 3.63) is 202 Å². The van der Waals surface area contributed by atoms with Gasteiger partial charge >= 0.3 is 0 Å². The maximum Gasteiger partial charge on any atom is 0.198 e. The number of hydrogen-bond acceptors (Lipinski definition) is 2. The normalized spacial score (nSPS) is 16.7. The van der Waals surface area contributed by atoms with E-state index in [1.807, 2.05) is 0 Å². The van der Waals surface area contributed by atoms with E-state index in [-0.39, 0.29) is 33.7 Å². The van der Waals surface area contributed by atoms with E-state index in [0.717, 1.165) is 24.4 Å². The van der Waals surface area contributed by atoms with Gasteiger partial charge in [0.05, 0.1) is 11.4 Å². The second-order valence-corrected chi connectivity index (χ2v) is 23.8. The van der Waals surface area contributed by atoms with Crippen LogP contribution in [-0.4, -0.2) is 11.8 Å². The van der Waals surface area contributed by atoms with E-state index in [2.05, 4.69) is 244 Å². The van der Waals surface area contributed by atoms with E-state index in [1.165, 1.54) is 105 Å². The van der Waals surface area contributed by atoms with Crippen LogP contribution in [-0.2, 0) is 21.7 Å². The summed E-state index contributed by atoms with van der Waals surface area (Å²) in [6.45, 7) is 25.8.